The van der Waals surface area contributed by atoms with Crippen LogP contribution in [0.4, 0.5) is 0 Å². The van der Waals surface area contributed by atoms with E-state index in [4.69, 9.17) is 18.9 Å². The summed E-state index contributed by atoms with van der Waals surface area (Å²) in [5, 5.41) is 0. The Morgan fingerprint density at radius 3 is 2.67 bits per heavy atom. The van der Waals surface area contributed by atoms with Crippen LogP contribution in [0.3, 0.4) is 0 Å². The highest BCUT2D eigenvalue weighted by molar-refractivity contribution is 5.41. The predicted molar refractivity (Wildman–Crippen MR) is 74.1 cm³/mol. The van der Waals surface area contributed by atoms with E-state index in [0.717, 1.165) is 5.75 Å². The summed E-state index contributed by atoms with van der Waals surface area (Å²) in [6.45, 7) is 0.366. The molecule has 0 amide bonds. The normalized spacial score (nSPS) is 17.0. The Hall–Kier alpha value is -2.18. The molecule has 2 heterocycles. The third-order valence-corrected chi connectivity index (χ3v) is 3.16. The number of hydrogen-bond donors (Lipinski definition) is 0. The van der Waals surface area contributed by atoms with Gasteiger partial charge in [-0.2, -0.15) is 0 Å². The molecule has 0 spiro atoms. The van der Waals surface area contributed by atoms with Crippen LogP contribution in [0.15, 0.2) is 36.5 Å². The number of para-hydroxylation sites is 2. The molecule has 1 aromatic carbocycles. The second-order valence-electron chi connectivity index (χ2n) is 4.51. The molecule has 3 rings (SSSR count). The number of nitrogens with zero attached hydrogens (tertiary/aromatic N) is 2. The molecule has 6 heteroatoms. The lowest BCUT2D eigenvalue weighted by Gasteiger charge is -2.25. The molecule has 0 fully saturated rings. The van der Waals surface area contributed by atoms with Crippen molar-refractivity contribution in [3.63, 3.8) is 0 Å². The maximum atomic E-state index is 5.89. The molecule has 0 radical (unpaired) electrons. The number of aromatic nitrogens is 2. The number of ether oxygens (including phenoxy) is 4. The van der Waals surface area contributed by atoms with Gasteiger partial charge in [0.2, 0.25) is 6.29 Å². The summed E-state index contributed by atoms with van der Waals surface area (Å²) in [4.78, 5) is 8.70. The standard InChI is InChI=1S/C15H16N2O4/c1-18-15(19-2)10-7-8-16-14(17-10)13-9-20-11-5-3-4-6-12(11)21-13/h3-8,13,15H,9H2,1-2H3. The first-order valence-corrected chi connectivity index (χ1v) is 6.58. The molecular weight excluding hydrogens is 272 g/mol. The van der Waals surface area contributed by atoms with E-state index in [-0.39, 0.29) is 6.10 Å². The lowest BCUT2D eigenvalue weighted by molar-refractivity contribution is -0.109. The van der Waals surface area contributed by atoms with Gasteiger partial charge in [0.1, 0.15) is 12.3 Å². The molecule has 6 nitrogen and oxygen atoms in total. The molecule has 1 aromatic heterocycles. The van der Waals surface area contributed by atoms with E-state index in [9.17, 15) is 0 Å². The second-order valence-corrected chi connectivity index (χ2v) is 4.51. The minimum Gasteiger partial charge on any atom is -0.485 e. The summed E-state index contributed by atoms with van der Waals surface area (Å²) in [5.41, 5.74) is 0.646. The fourth-order valence-corrected chi connectivity index (χ4v) is 2.16. The first kappa shape index (κ1) is 13.8. The van der Waals surface area contributed by atoms with Crippen molar-refractivity contribution in [3.8, 4) is 11.5 Å². The Bertz CT molecular complexity index is 616. The molecule has 0 bridgehead atoms. The van der Waals surface area contributed by atoms with Crippen LogP contribution < -0.4 is 9.47 Å². The molecule has 0 N–H and O–H groups in total. The van der Waals surface area contributed by atoms with Crippen molar-refractivity contribution in [2.45, 2.75) is 12.4 Å². The van der Waals surface area contributed by atoms with Gasteiger partial charge < -0.3 is 18.9 Å². The third kappa shape index (κ3) is 2.81. The van der Waals surface area contributed by atoms with Gasteiger partial charge in [-0.05, 0) is 18.2 Å². The highest BCUT2D eigenvalue weighted by atomic mass is 16.7. The average molecular weight is 288 g/mol. The van der Waals surface area contributed by atoms with Crippen molar-refractivity contribution in [2.75, 3.05) is 20.8 Å². The number of methoxy groups -OCH3 is 2. The molecule has 1 atom stereocenters. The van der Waals surface area contributed by atoms with E-state index in [1.165, 1.54) is 0 Å². The van der Waals surface area contributed by atoms with Gasteiger partial charge in [-0.3, -0.25) is 0 Å². The summed E-state index contributed by atoms with van der Waals surface area (Å²) in [6.07, 6.45) is 0.782. The minimum atomic E-state index is -0.524. The monoisotopic (exact) mass is 288 g/mol. The molecular formula is C15H16N2O4. The minimum absolute atomic E-state index is 0.353. The predicted octanol–water partition coefficient (Wildman–Crippen LogP) is 2.28. The van der Waals surface area contributed by atoms with Crippen molar-refractivity contribution >= 4 is 0 Å². The molecule has 0 aliphatic carbocycles. The van der Waals surface area contributed by atoms with E-state index in [1.807, 2.05) is 24.3 Å². The van der Waals surface area contributed by atoms with Crippen molar-refractivity contribution in [1.29, 1.82) is 0 Å². The Kier molecular flexibility index (Phi) is 3.98. The number of rotatable bonds is 4. The highest BCUT2D eigenvalue weighted by Crippen LogP contribution is 2.35. The zero-order valence-corrected chi connectivity index (χ0v) is 11.9. The summed E-state index contributed by atoms with van der Waals surface area (Å²) in [7, 11) is 3.12. The van der Waals surface area contributed by atoms with E-state index in [0.29, 0.717) is 23.9 Å². The first-order valence-electron chi connectivity index (χ1n) is 6.58. The van der Waals surface area contributed by atoms with Crippen molar-refractivity contribution in [1.82, 2.24) is 9.97 Å². The van der Waals surface area contributed by atoms with E-state index >= 15 is 0 Å². The maximum absolute atomic E-state index is 5.89. The summed E-state index contributed by atoms with van der Waals surface area (Å²) in [6, 6.07) is 9.28. The molecule has 0 saturated carbocycles. The first-order chi connectivity index (χ1) is 10.3. The Balaban J connectivity index is 1.84. The fourth-order valence-electron chi connectivity index (χ4n) is 2.16. The van der Waals surface area contributed by atoms with Crippen LogP contribution in [0.5, 0.6) is 11.5 Å². The molecule has 0 saturated heterocycles. The van der Waals surface area contributed by atoms with Gasteiger partial charge in [-0.1, -0.05) is 12.1 Å². The van der Waals surface area contributed by atoms with Gasteiger partial charge in [0.25, 0.3) is 0 Å². The van der Waals surface area contributed by atoms with Gasteiger partial charge in [-0.25, -0.2) is 9.97 Å². The van der Waals surface area contributed by atoms with Gasteiger partial charge >= 0.3 is 0 Å². The van der Waals surface area contributed by atoms with Crippen LogP contribution >= 0.6 is 0 Å². The average Bonchev–Trinajstić information content (AvgIpc) is 2.56. The molecule has 21 heavy (non-hydrogen) atoms. The van der Waals surface area contributed by atoms with Crippen LogP contribution in [0.25, 0.3) is 0 Å². The molecule has 110 valence electrons. The highest BCUT2D eigenvalue weighted by Gasteiger charge is 2.25. The molecule has 2 aromatic rings. The zero-order chi connectivity index (χ0) is 14.7. The Morgan fingerprint density at radius 1 is 1.14 bits per heavy atom. The summed E-state index contributed by atoms with van der Waals surface area (Å²) in [5.74, 6) is 1.97. The van der Waals surface area contributed by atoms with Crippen LogP contribution in [0.2, 0.25) is 0 Å². The maximum Gasteiger partial charge on any atom is 0.200 e. The van der Waals surface area contributed by atoms with Crippen LogP contribution in [0.1, 0.15) is 23.9 Å². The number of hydrogen-bond acceptors (Lipinski definition) is 6. The SMILES string of the molecule is COC(OC)c1ccnc(C2COc3ccccc3O2)n1. The van der Waals surface area contributed by atoms with Crippen LogP contribution in [-0.2, 0) is 9.47 Å². The zero-order valence-electron chi connectivity index (χ0n) is 11.9. The van der Waals surface area contributed by atoms with E-state index < -0.39 is 6.29 Å². The fraction of sp³-hybridized carbons (Fsp3) is 0.333. The second kappa shape index (κ2) is 6.07. The van der Waals surface area contributed by atoms with Gasteiger partial charge in [0.15, 0.2) is 23.4 Å². The van der Waals surface area contributed by atoms with Gasteiger partial charge in [-0.15, -0.1) is 0 Å². The van der Waals surface area contributed by atoms with Crippen molar-refractivity contribution in [3.05, 3.63) is 48.0 Å². The molecule has 1 aliphatic heterocycles. The summed E-state index contributed by atoms with van der Waals surface area (Å²) < 4.78 is 22.0. The van der Waals surface area contributed by atoms with Gasteiger partial charge in [0.05, 0.1) is 0 Å². The smallest absolute Gasteiger partial charge is 0.200 e. The molecule has 1 unspecified atom stereocenters. The van der Waals surface area contributed by atoms with Crippen molar-refractivity contribution in [2.24, 2.45) is 0 Å². The lowest BCUT2D eigenvalue weighted by Crippen LogP contribution is -2.24. The third-order valence-electron chi connectivity index (χ3n) is 3.16. The summed E-state index contributed by atoms with van der Waals surface area (Å²) >= 11 is 0. The van der Waals surface area contributed by atoms with Crippen molar-refractivity contribution < 1.29 is 18.9 Å². The lowest BCUT2D eigenvalue weighted by atomic mass is 10.2. The Morgan fingerprint density at radius 2 is 1.90 bits per heavy atom. The van der Waals surface area contributed by atoms with E-state index in [1.54, 1.807) is 26.5 Å². The topological polar surface area (TPSA) is 62.7 Å². The largest absolute Gasteiger partial charge is 0.485 e. The molecule has 1 aliphatic rings. The Labute approximate surface area is 122 Å². The quantitative estimate of drug-likeness (QED) is 0.804. The van der Waals surface area contributed by atoms with Gasteiger partial charge in [0, 0.05) is 20.4 Å². The number of fused-ring (bicyclic) bond motifs is 1. The van der Waals surface area contributed by atoms with Crippen LogP contribution in [0, 0.1) is 0 Å². The number of benzene rings is 1. The van der Waals surface area contributed by atoms with Crippen LogP contribution in [-0.4, -0.2) is 30.8 Å². The van der Waals surface area contributed by atoms with E-state index in [2.05, 4.69) is 9.97 Å².